The van der Waals surface area contributed by atoms with Crippen LogP contribution in [0.3, 0.4) is 0 Å². The van der Waals surface area contributed by atoms with Gasteiger partial charge in [-0.2, -0.15) is 0 Å². The second-order valence-electron chi connectivity index (χ2n) is 3.89. The minimum atomic E-state index is -0.512. The van der Waals surface area contributed by atoms with Crippen LogP contribution < -0.4 is 0 Å². The highest BCUT2D eigenvalue weighted by Gasteiger charge is 2.27. The highest BCUT2D eigenvalue weighted by Crippen LogP contribution is 2.34. The Kier molecular flexibility index (Phi) is 2.68. The number of hydrogen-bond donors (Lipinski definition) is 0. The molecule has 0 unspecified atom stereocenters. The molecule has 0 spiro atoms. The van der Waals surface area contributed by atoms with Crippen LogP contribution in [0, 0.1) is 0 Å². The lowest BCUT2D eigenvalue weighted by atomic mass is 9.93. The first-order valence-corrected chi connectivity index (χ1v) is 6.71. The molecule has 1 heterocycles. The number of carbonyl (C=O) groups excluding carboxylic acids is 2. The van der Waals surface area contributed by atoms with Gasteiger partial charge in [0.25, 0.3) is 0 Å². The highest BCUT2D eigenvalue weighted by molar-refractivity contribution is 9.15. The maximum Gasteiger partial charge on any atom is 0.234 e. The maximum atomic E-state index is 12.0. The molecule has 1 aromatic carbocycles. The summed E-state index contributed by atoms with van der Waals surface area (Å²) in [5.74, 6) is -0.999. The fourth-order valence-electron chi connectivity index (χ4n) is 1.97. The number of allylic oxidation sites excluding steroid dienone is 1. The van der Waals surface area contributed by atoms with Crippen LogP contribution in [0.4, 0.5) is 0 Å². The number of ketones is 2. The number of benzene rings is 1. The minimum Gasteiger partial charge on any atom is -0.286 e. The van der Waals surface area contributed by atoms with Gasteiger partial charge in [0.2, 0.25) is 11.6 Å². The molecule has 18 heavy (non-hydrogen) atoms. The molecule has 0 fully saturated rings. The van der Waals surface area contributed by atoms with Crippen LogP contribution >= 0.6 is 31.9 Å². The number of fused-ring (bicyclic) bond motifs is 3. The van der Waals surface area contributed by atoms with Crippen molar-refractivity contribution < 1.29 is 9.59 Å². The van der Waals surface area contributed by atoms with Gasteiger partial charge in [-0.15, -0.1) is 0 Å². The van der Waals surface area contributed by atoms with Crippen molar-refractivity contribution >= 4 is 58.8 Å². The summed E-state index contributed by atoms with van der Waals surface area (Å²) in [5, 5.41) is 0.685. The first kappa shape index (κ1) is 11.7. The smallest absolute Gasteiger partial charge is 0.234 e. The zero-order valence-electron chi connectivity index (χ0n) is 8.91. The lowest BCUT2D eigenvalue weighted by Crippen LogP contribution is -2.18. The fraction of sp³-hybridized carbons (Fsp3) is 0. The summed E-state index contributed by atoms with van der Waals surface area (Å²) in [5.41, 5.74) is 1.77. The summed E-state index contributed by atoms with van der Waals surface area (Å²) in [6.45, 7) is 0. The lowest BCUT2D eigenvalue weighted by Gasteiger charge is -2.14. The topological polar surface area (TPSA) is 47.0 Å². The maximum absolute atomic E-state index is 12.0. The molecule has 0 saturated carbocycles. The number of hydrogen-bond acceptors (Lipinski definition) is 3. The SMILES string of the molecule is O=C1C=C(Br)c2cnc3ccc(Br)cc3c2C1=O. The molecule has 1 aliphatic carbocycles. The Hall–Kier alpha value is -1.33. The van der Waals surface area contributed by atoms with Gasteiger partial charge in [0.1, 0.15) is 0 Å². The normalized spacial score (nSPS) is 14.7. The molecule has 3 rings (SSSR count). The molecule has 0 radical (unpaired) electrons. The molecule has 0 saturated heterocycles. The van der Waals surface area contributed by atoms with Crippen LogP contribution in [0.15, 0.2) is 34.9 Å². The summed E-state index contributed by atoms with van der Waals surface area (Å²) < 4.78 is 1.44. The lowest BCUT2D eigenvalue weighted by molar-refractivity contribution is -0.110. The summed E-state index contributed by atoms with van der Waals surface area (Å²) in [7, 11) is 0. The third kappa shape index (κ3) is 1.66. The second-order valence-corrected chi connectivity index (χ2v) is 5.66. The Morgan fingerprint density at radius 1 is 1.11 bits per heavy atom. The number of rotatable bonds is 0. The standard InChI is InChI=1S/C13H5Br2NO2/c14-6-1-2-10-7(3-6)12-8(5-16-10)9(15)4-11(17)13(12)18/h1-5H. The van der Waals surface area contributed by atoms with E-state index in [1.54, 1.807) is 12.3 Å². The number of pyridine rings is 1. The molecular formula is C13H5Br2NO2. The molecule has 0 bridgehead atoms. The molecule has 0 amide bonds. The van der Waals surface area contributed by atoms with E-state index in [0.29, 0.717) is 26.5 Å². The first-order chi connectivity index (χ1) is 8.58. The van der Waals surface area contributed by atoms with E-state index in [1.807, 2.05) is 12.1 Å². The second kappa shape index (κ2) is 4.10. The third-order valence-corrected chi connectivity index (χ3v) is 3.95. The molecular weight excluding hydrogens is 362 g/mol. The van der Waals surface area contributed by atoms with Gasteiger partial charge in [-0.25, -0.2) is 0 Å². The molecule has 0 N–H and O–H groups in total. The van der Waals surface area contributed by atoms with Gasteiger partial charge in [-0.3, -0.25) is 14.6 Å². The number of carbonyl (C=O) groups is 2. The van der Waals surface area contributed by atoms with E-state index in [2.05, 4.69) is 36.8 Å². The van der Waals surface area contributed by atoms with Gasteiger partial charge >= 0.3 is 0 Å². The van der Waals surface area contributed by atoms with Gasteiger partial charge in [-0.05, 0) is 34.1 Å². The summed E-state index contributed by atoms with van der Waals surface area (Å²) >= 11 is 6.66. The van der Waals surface area contributed by atoms with Crippen LogP contribution in [-0.2, 0) is 4.79 Å². The number of halogens is 2. The molecule has 5 heteroatoms. The predicted octanol–water partition coefficient (Wildman–Crippen LogP) is 3.50. The molecule has 1 aromatic heterocycles. The van der Waals surface area contributed by atoms with E-state index in [4.69, 9.17) is 0 Å². The summed E-state index contributed by atoms with van der Waals surface area (Å²) in [4.78, 5) is 27.9. The van der Waals surface area contributed by atoms with Crippen LogP contribution in [0.2, 0.25) is 0 Å². The van der Waals surface area contributed by atoms with E-state index in [1.165, 1.54) is 6.08 Å². The van der Waals surface area contributed by atoms with Crippen molar-refractivity contribution in [3.63, 3.8) is 0 Å². The first-order valence-electron chi connectivity index (χ1n) is 5.12. The summed E-state index contributed by atoms with van der Waals surface area (Å²) in [6.07, 6.45) is 2.90. The van der Waals surface area contributed by atoms with E-state index in [0.717, 1.165) is 4.47 Å². The largest absolute Gasteiger partial charge is 0.286 e. The minimum absolute atomic E-state index is 0.417. The summed E-state index contributed by atoms with van der Waals surface area (Å²) in [6, 6.07) is 5.46. The molecule has 2 aromatic rings. The quantitative estimate of drug-likeness (QED) is 0.670. The van der Waals surface area contributed by atoms with Gasteiger partial charge in [0, 0.05) is 37.7 Å². The van der Waals surface area contributed by atoms with E-state index >= 15 is 0 Å². The van der Waals surface area contributed by atoms with E-state index in [-0.39, 0.29) is 0 Å². The van der Waals surface area contributed by atoms with Gasteiger partial charge < -0.3 is 0 Å². The monoisotopic (exact) mass is 365 g/mol. The predicted molar refractivity (Wildman–Crippen MR) is 75.7 cm³/mol. The fourth-order valence-corrected chi connectivity index (χ4v) is 2.84. The Balaban J connectivity index is 2.48. The molecule has 88 valence electrons. The zero-order chi connectivity index (χ0) is 12.9. The van der Waals surface area contributed by atoms with Crippen molar-refractivity contribution in [2.24, 2.45) is 0 Å². The molecule has 0 aliphatic heterocycles. The van der Waals surface area contributed by atoms with Crippen LogP contribution in [0.1, 0.15) is 15.9 Å². The Morgan fingerprint density at radius 3 is 2.67 bits per heavy atom. The third-order valence-electron chi connectivity index (χ3n) is 2.80. The van der Waals surface area contributed by atoms with Crippen molar-refractivity contribution in [1.82, 2.24) is 4.98 Å². The van der Waals surface area contributed by atoms with Gasteiger partial charge in [-0.1, -0.05) is 15.9 Å². The van der Waals surface area contributed by atoms with Crippen LogP contribution in [0.25, 0.3) is 15.4 Å². The average Bonchev–Trinajstić information content (AvgIpc) is 2.34. The van der Waals surface area contributed by atoms with Crippen LogP contribution in [0.5, 0.6) is 0 Å². The highest BCUT2D eigenvalue weighted by atomic mass is 79.9. The van der Waals surface area contributed by atoms with Gasteiger partial charge in [0.15, 0.2) is 0 Å². The van der Waals surface area contributed by atoms with Crippen molar-refractivity contribution in [2.75, 3.05) is 0 Å². The van der Waals surface area contributed by atoms with Crippen molar-refractivity contribution in [2.45, 2.75) is 0 Å². The average molecular weight is 367 g/mol. The molecule has 0 atom stereocenters. The zero-order valence-corrected chi connectivity index (χ0v) is 12.1. The van der Waals surface area contributed by atoms with Gasteiger partial charge in [0.05, 0.1) is 5.52 Å². The van der Waals surface area contributed by atoms with Crippen molar-refractivity contribution in [3.05, 3.63) is 46.1 Å². The Morgan fingerprint density at radius 2 is 1.89 bits per heavy atom. The van der Waals surface area contributed by atoms with Crippen LogP contribution in [-0.4, -0.2) is 16.6 Å². The number of aromatic nitrogens is 1. The van der Waals surface area contributed by atoms with Crippen molar-refractivity contribution in [1.29, 1.82) is 0 Å². The number of nitrogens with zero attached hydrogens (tertiary/aromatic N) is 1. The van der Waals surface area contributed by atoms with E-state index in [9.17, 15) is 9.59 Å². The Labute approximate surface area is 119 Å². The Bertz CT molecular complexity index is 750. The number of Topliss-reactive ketones (excluding diaryl/α,β-unsaturated/α-hetero) is 1. The molecule has 3 nitrogen and oxygen atoms in total. The van der Waals surface area contributed by atoms with E-state index < -0.39 is 11.6 Å². The molecule has 1 aliphatic rings. The van der Waals surface area contributed by atoms with Crippen molar-refractivity contribution in [3.8, 4) is 0 Å².